The molecule has 1 atom stereocenters. The first-order valence-electron chi connectivity index (χ1n) is 5.83. The van der Waals surface area contributed by atoms with Crippen molar-refractivity contribution in [2.45, 2.75) is 30.2 Å². The summed E-state index contributed by atoms with van der Waals surface area (Å²) in [6.45, 7) is 4.59. The minimum absolute atomic E-state index is 0.0644. The lowest BCUT2D eigenvalue weighted by atomic mass is 10.1. The molecule has 0 aliphatic carbocycles. The van der Waals surface area contributed by atoms with Gasteiger partial charge in [-0.2, -0.15) is 0 Å². The van der Waals surface area contributed by atoms with E-state index in [1.54, 1.807) is 13.2 Å². The van der Waals surface area contributed by atoms with Gasteiger partial charge in [0.25, 0.3) is 3.79 Å². The summed E-state index contributed by atoms with van der Waals surface area (Å²) >= 11 is 16.4. The van der Waals surface area contributed by atoms with Gasteiger partial charge >= 0.3 is 0 Å². The third-order valence-electron chi connectivity index (χ3n) is 2.04. The van der Waals surface area contributed by atoms with Crippen molar-refractivity contribution in [1.29, 1.82) is 5.41 Å². The van der Waals surface area contributed by atoms with Crippen LogP contribution in [0.4, 0.5) is 0 Å². The molecule has 1 N–H and O–H groups in total. The third kappa shape index (κ3) is 10.4. The van der Waals surface area contributed by atoms with Crippen molar-refractivity contribution in [1.82, 2.24) is 0 Å². The van der Waals surface area contributed by atoms with Crippen molar-refractivity contribution < 1.29 is 14.2 Å². The normalized spacial score (nSPS) is 14.1. The Morgan fingerprint density at radius 2 is 1.95 bits per heavy atom. The van der Waals surface area contributed by atoms with Crippen LogP contribution >= 0.6 is 34.8 Å². The highest BCUT2D eigenvalue weighted by molar-refractivity contribution is 6.76. The van der Waals surface area contributed by atoms with Crippen molar-refractivity contribution in [3.8, 4) is 0 Å². The predicted molar refractivity (Wildman–Crippen MR) is 79.3 cm³/mol. The summed E-state index contributed by atoms with van der Waals surface area (Å²) in [7, 11) is 1.57. The summed E-state index contributed by atoms with van der Waals surface area (Å²) in [4.78, 5) is 0. The van der Waals surface area contributed by atoms with Crippen molar-refractivity contribution in [2.24, 2.45) is 5.92 Å². The van der Waals surface area contributed by atoms with Gasteiger partial charge in [0.2, 0.25) is 5.90 Å². The van der Waals surface area contributed by atoms with Gasteiger partial charge in [-0.05, 0) is 18.4 Å². The van der Waals surface area contributed by atoms with E-state index in [1.165, 1.54) is 0 Å². The van der Waals surface area contributed by atoms with E-state index >= 15 is 0 Å². The molecule has 0 aliphatic heterocycles. The van der Waals surface area contributed by atoms with Crippen molar-refractivity contribution >= 4 is 40.7 Å². The van der Waals surface area contributed by atoms with Crippen LogP contribution < -0.4 is 0 Å². The molecule has 0 amide bonds. The zero-order chi connectivity index (χ0) is 14.9. The maximum atomic E-state index is 7.35. The zero-order valence-electron chi connectivity index (χ0n) is 11.3. The largest absolute Gasteiger partial charge is 0.474 e. The summed E-state index contributed by atoms with van der Waals surface area (Å²) in [5, 5.41) is 7.35. The Labute approximate surface area is 129 Å². The van der Waals surface area contributed by atoms with Crippen LogP contribution in [0.3, 0.4) is 0 Å². The van der Waals surface area contributed by atoms with Crippen LogP contribution in [0.1, 0.15) is 20.3 Å². The molecule has 0 saturated heterocycles. The van der Waals surface area contributed by atoms with Crippen LogP contribution in [0.15, 0.2) is 12.2 Å². The zero-order valence-corrected chi connectivity index (χ0v) is 13.6. The molecule has 0 aromatic rings. The molecule has 0 heterocycles. The molecule has 0 rings (SSSR count). The first-order valence-corrected chi connectivity index (χ1v) is 6.96. The number of methoxy groups -OCH3 is 1. The van der Waals surface area contributed by atoms with E-state index < -0.39 is 9.69 Å². The van der Waals surface area contributed by atoms with E-state index in [1.807, 2.05) is 6.08 Å². The first kappa shape index (κ1) is 19.0. The molecular formula is C12H20Cl3NO3. The Hall–Kier alpha value is -0.000000000000000111. The van der Waals surface area contributed by atoms with Gasteiger partial charge in [0.05, 0.1) is 6.10 Å². The molecule has 0 aromatic heterocycles. The minimum atomic E-state index is -1.82. The molecule has 19 heavy (non-hydrogen) atoms. The number of rotatable bonds is 8. The van der Waals surface area contributed by atoms with Crippen LogP contribution in [-0.2, 0) is 14.2 Å². The molecule has 0 aromatic carbocycles. The third-order valence-corrected chi connectivity index (χ3v) is 2.55. The second-order valence-electron chi connectivity index (χ2n) is 4.31. The van der Waals surface area contributed by atoms with Crippen LogP contribution in [-0.4, -0.2) is 36.3 Å². The number of alkyl halides is 3. The highest BCUT2D eigenvalue weighted by Crippen LogP contribution is 2.27. The Balaban J connectivity index is 4.13. The molecule has 0 saturated carbocycles. The standard InChI is InChI=1S/C12H20Cl3NO3/c1-9(2)7-10(19-8-17-3)5-4-6-18-11(16)12(13,14)15/h4-5,9-10,16H,6-8H2,1-3H3/b5-4+,16-11?/t10-/m1/s1. The monoisotopic (exact) mass is 331 g/mol. The van der Waals surface area contributed by atoms with Gasteiger partial charge in [0, 0.05) is 7.11 Å². The van der Waals surface area contributed by atoms with E-state index in [-0.39, 0.29) is 19.5 Å². The van der Waals surface area contributed by atoms with Gasteiger partial charge in [0.15, 0.2) is 0 Å². The predicted octanol–water partition coefficient (Wildman–Crippen LogP) is 3.94. The highest BCUT2D eigenvalue weighted by atomic mass is 35.6. The van der Waals surface area contributed by atoms with Crippen molar-refractivity contribution in [3.63, 3.8) is 0 Å². The van der Waals surface area contributed by atoms with Crippen molar-refractivity contribution in [2.75, 3.05) is 20.5 Å². The van der Waals surface area contributed by atoms with E-state index in [4.69, 9.17) is 54.4 Å². The Kier molecular flexibility index (Phi) is 9.83. The lowest BCUT2D eigenvalue weighted by Gasteiger charge is -2.16. The SMILES string of the molecule is COCO[C@H](/C=C/COC(=N)C(Cl)(Cl)Cl)CC(C)C. The summed E-state index contributed by atoms with van der Waals surface area (Å²) < 4.78 is 13.5. The number of nitrogens with one attached hydrogen (secondary N) is 1. The molecular weight excluding hydrogens is 312 g/mol. The van der Waals surface area contributed by atoms with Crippen LogP contribution in [0, 0.1) is 11.3 Å². The fourth-order valence-corrected chi connectivity index (χ4v) is 1.41. The molecule has 0 fully saturated rings. The molecule has 0 aliphatic rings. The molecule has 0 unspecified atom stereocenters. The Morgan fingerprint density at radius 3 is 2.42 bits per heavy atom. The number of hydrogen-bond acceptors (Lipinski definition) is 4. The quantitative estimate of drug-likeness (QED) is 0.241. The van der Waals surface area contributed by atoms with Crippen molar-refractivity contribution in [3.05, 3.63) is 12.2 Å². The number of halogens is 3. The average Bonchev–Trinajstić information content (AvgIpc) is 2.28. The second kappa shape index (κ2) is 9.83. The lowest BCUT2D eigenvalue weighted by Crippen LogP contribution is -2.21. The van der Waals surface area contributed by atoms with Crippen LogP contribution in [0.5, 0.6) is 0 Å². The Bertz CT molecular complexity index is 290. The van der Waals surface area contributed by atoms with E-state index in [9.17, 15) is 0 Å². The molecule has 0 bridgehead atoms. The second-order valence-corrected chi connectivity index (χ2v) is 6.59. The van der Waals surface area contributed by atoms with Gasteiger partial charge in [-0.15, -0.1) is 0 Å². The smallest absolute Gasteiger partial charge is 0.265 e. The minimum Gasteiger partial charge on any atom is -0.474 e. The average molecular weight is 333 g/mol. The first-order chi connectivity index (χ1) is 8.77. The summed E-state index contributed by atoms with van der Waals surface area (Å²) in [5.74, 6) is 0.0901. The molecule has 112 valence electrons. The van der Waals surface area contributed by atoms with E-state index in [2.05, 4.69) is 13.8 Å². The Morgan fingerprint density at radius 1 is 1.32 bits per heavy atom. The van der Waals surface area contributed by atoms with Crippen LogP contribution in [0.25, 0.3) is 0 Å². The topological polar surface area (TPSA) is 51.5 Å². The molecule has 7 heteroatoms. The van der Waals surface area contributed by atoms with Gasteiger partial charge in [-0.1, -0.05) is 54.7 Å². The maximum Gasteiger partial charge on any atom is 0.265 e. The van der Waals surface area contributed by atoms with Gasteiger partial charge in [0.1, 0.15) is 13.4 Å². The summed E-state index contributed by atoms with van der Waals surface area (Å²) in [6, 6.07) is 0. The van der Waals surface area contributed by atoms with Gasteiger partial charge in [-0.25, -0.2) is 0 Å². The van der Waals surface area contributed by atoms with E-state index in [0.29, 0.717) is 5.92 Å². The number of hydrogen-bond donors (Lipinski definition) is 1. The van der Waals surface area contributed by atoms with Gasteiger partial charge in [-0.3, -0.25) is 5.41 Å². The van der Waals surface area contributed by atoms with E-state index in [0.717, 1.165) is 6.42 Å². The fraction of sp³-hybridized carbons (Fsp3) is 0.750. The lowest BCUT2D eigenvalue weighted by molar-refractivity contribution is -0.0605. The van der Waals surface area contributed by atoms with Gasteiger partial charge < -0.3 is 14.2 Å². The number of ether oxygens (including phenoxy) is 3. The molecule has 0 spiro atoms. The summed E-state index contributed by atoms with van der Waals surface area (Å²) in [6.07, 6.45) is 4.38. The maximum absolute atomic E-state index is 7.35. The highest BCUT2D eigenvalue weighted by Gasteiger charge is 2.28. The molecule has 0 radical (unpaired) electrons. The molecule has 4 nitrogen and oxygen atoms in total. The fourth-order valence-electron chi connectivity index (χ4n) is 1.24. The summed E-state index contributed by atoms with van der Waals surface area (Å²) in [5.41, 5.74) is 0. The van der Waals surface area contributed by atoms with Crippen LogP contribution in [0.2, 0.25) is 0 Å².